The third-order valence-electron chi connectivity index (χ3n) is 2.64. The zero-order valence-electron chi connectivity index (χ0n) is 10.5. The van der Waals surface area contributed by atoms with Gasteiger partial charge in [0.15, 0.2) is 5.84 Å². The number of halogens is 1. The molecule has 1 aromatic heterocycles. The molecule has 0 unspecified atom stereocenters. The molecule has 1 heterocycles. The van der Waals surface area contributed by atoms with E-state index in [4.69, 9.17) is 10.9 Å². The average molecular weight is 277 g/mol. The molecule has 1 aromatic carbocycles. The molecule has 1 amide bonds. The molecule has 0 saturated carbocycles. The summed E-state index contributed by atoms with van der Waals surface area (Å²) >= 11 is 0. The normalized spacial score (nSPS) is 11.4. The lowest BCUT2D eigenvalue weighted by atomic mass is 10.2. The van der Waals surface area contributed by atoms with Crippen LogP contribution in [-0.2, 0) is 7.05 Å². The number of hydrogen-bond donors (Lipinski definition) is 3. The van der Waals surface area contributed by atoms with Crippen LogP contribution in [0.25, 0.3) is 0 Å². The molecule has 0 aliphatic heterocycles. The number of hydrogen-bond acceptors (Lipinski definition) is 4. The minimum Gasteiger partial charge on any atom is -0.409 e. The Morgan fingerprint density at radius 2 is 2.30 bits per heavy atom. The maximum atomic E-state index is 13.1. The summed E-state index contributed by atoms with van der Waals surface area (Å²) in [4.78, 5) is 12.0. The molecule has 0 radical (unpaired) electrons. The van der Waals surface area contributed by atoms with Crippen molar-refractivity contribution in [2.24, 2.45) is 17.9 Å². The molecule has 0 aliphatic carbocycles. The van der Waals surface area contributed by atoms with Crippen molar-refractivity contribution in [1.82, 2.24) is 9.78 Å². The van der Waals surface area contributed by atoms with Gasteiger partial charge in [0, 0.05) is 12.6 Å². The van der Waals surface area contributed by atoms with E-state index in [0.717, 1.165) is 6.07 Å². The standard InChI is InChI=1S/C12H12FN5O2/c1-18-11(9(6-15-18)10(14)17-20)16-12(19)7-3-2-4-8(13)5-7/h2-6,20H,1H3,(H2,14,17)(H,16,19). The molecule has 104 valence electrons. The molecule has 20 heavy (non-hydrogen) atoms. The van der Waals surface area contributed by atoms with E-state index in [1.807, 2.05) is 0 Å². The molecule has 0 bridgehead atoms. The highest BCUT2D eigenvalue weighted by molar-refractivity contribution is 6.09. The van der Waals surface area contributed by atoms with Crippen LogP contribution in [0, 0.1) is 5.82 Å². The number of aromatic nitrogens is 2. The topological polar surface area (TPSA) is 106 Å². The minimum absolute atomic E-state index is 0.150. The van der Waals surface area contributed by atoms with Gasteiger partial charge in [0.2, 0.25) is 0 Å². The highest BCUT2D eigenvalue weighted by Crippen LogP contribution is 2.15. The van der Waals surface area contributed by atoms with Crippen LogP contribution in [0.3, 0.4) is 0 Å². The molecule has 0 saturated heterocycles. The highest BCUT2D eigenvalue weighted by atomic mass is 19.1. The average Bonchev–Trinajstić information content (AvgIpc) is 2.79. The number of nitrogens with two attached hydrogens (primary N) is 1. The highest BCUT2D eigenvalue weighted by Gasteiger charge is 2.16. The number of nitrogens with zero attached hydrogens (tertiary/aromatic N) is 3. The summed E-state index contributed by atoms with van der Waals surface area (Å²) in [5.74, 6) is -0.985. The largest absolute Gasteiger partial charge is 0.409 e. The number of nitrogens with one attached hydrogen (secondary N) is 1. The van der Waals surface area contributed by atoms with Crippen LogP contribution in [0.2, 0.25) is 0 Å². The summed E-state index contributed by atoms with van der Waals surface area (Å²) < 4.78 is 14.4. The van der Waals surface area contributed by atoms with E-state index < -0.39 is 11.7 Å². The van der Waals surface area contributed by atoms with Crippen molar-refractivity contribution in [3.8, 4) is 0 Å². The molecular formula is C12H12FN5O2. The quantitative estimate of drug-likeness (QED) is 0.335. The van der Waals surface area contributed by atoms with Crippen molar-refractivity contribution in [2.45, 2.75) is 0 Å². The maximum Gasteiger partial charge on any atom is 0.256 e. The van der Waals surface area contributed by atoms with Crippen LogP contribution in [-0.4, -0.2) is 26.7 Å². The van der Waals surface area contributed by atoms with Gasteiger partial charge < -0.3 is 16.3 Å². The van der Waals surface area contributed by atoms with Crippen molar-refractivity contribution in [1.29, 1.82) is 0 Å². The second-order valence-corrected chi connectivity index (χ2v) is 3.98. The molecule has 0 aliphatic rings. The molecule has 0 atom stereocenters. The Morgan fingerprint density at radius 3 is 2.95 bits per heavy atom. The van der Waals surface area contributed by atoms with Gasteiger partial charge in [0.1, 0.15) is 11.6 Å². The first-order chi connectivity index (χ1) is 9.52. The van der Waals surface area contributed by atoms with Gasteiger partial charge in [-0.3, -0.25) is 9.48 Å². The molecule has 4 N–H and O–H groups in total. The van der Waals surface area contributed by atoms with E-state index in [2.05, 4.69) is 15.6 Å². The second-order valence-electron chi connectivity index (χ2n) is 3.98. The van der Waals surface area contributed by atoms with E-state index in [-0.39, 0.29) is 22.8 Å². The second kappa shape index (κ2) is 5.39. The number of oxime groups is 1. The third-order valence-corrected chi connectivity index (χ3v) is 2.64. The fourth-order valence-electron chi connectivity index (χ4n) is 1.64. The summed E-state index contributed by atoms with van der Waals surface area (Å²) in [6.45, 7) is 0. The van der Waals surface area contributed by atoms with E-state index in [1.165, 1.54) is 29.1 Å². The fourth-order valence-corrected chi connectivity index (χ4v) is 1.64. The van der Waals surface area contributed by atoms with Crippen LogP contribution < -0.4 is 11.1 Å². The maximum absolute atomic E-state index is 13.1. The van der Waals surface area contributed by atoms with Crippen LogP contribution in [0.1, 0.15) is 15.9 Å². The molecular weight excluding hydrogens is 265 g/mol. The van der Waals surface area contributed by atoms with Crippen molar-refractivity contribution in [3.63, 3.8) is 0 Å². The van der Waals surface area contributed by atoms with Crippen LogP contribution in [0.15, 0.2) is 35.6 Å². The lowest BCUT2D eigenvalue weighted by Crippen LogP contribution is -2.20. The summed E-state index contributed by atoms with van der Waals surface area (Å²) in [5, 5.41) is 18.0. The number of carbonyl (C=O) groups excluding carboxylic acids is 1. The molecule has 0 spiro atoms. The number of benzene rings is 1. The van der Waals surface area contributed by atoms with Gasteiger partial charge in [-0.05, 0) is 18.2 Å². The lowest BCUT2D eigenvalue weighted by molar-refractivity contribution is 0.102. The van der Waals surface area contributed by atoms with Gasteiger partial charge >= 0.3 is 0 Å². The van der Waals surface area contributed by atoms with Gasteiger partial charge in [-0.25, -0.2) is 4.39 Å². The Labute approximate surface area is 113 Å². The number of anilines is 1. The Bertz CT molecular complexity index is 680. The molecule has 7 nitrogen and oxygen atoms in total. The lowest BCUT2D eigenvalue weighted by Gasteiger charge is -2.08. The first-order valence-electron chi connectivity index (χ1n) is 5.59. The molecule has 0 fully saturated rings. The van der Waals surface area contributed by atoms with Gasteiger partial charge in [-0.1, -0.05) is 11.2 Å². The van der Waals surface area contributed by atoms with E-state index in [1.54, 1.807) is 7.05 Å². The first-order valence-corrected chi connectivity index (χ1v) is 5.59. The molecule has 2 aromatic rings. The Balaban J connectivity index is 2.31. The van der Waals surface area contributed by atoms with Crippen LogP contribution >= 0.6 is 0 Å². The number of amidine groups is 1. The molecule has 2 rings (SSSR count). The summed E-state index contributed by atoms with van der Waals surface area (Å²) in [6.07, 6.45) is 1.34. The van der Waals surface area contributed by atoms with E-state index >= 15 is 0 Å². The minimum atomic E-state index is -0.528. The third kappa shape index (κ3) is 2.58. The van der Waals surface area contributed by atoms with Gasteiger partial charge in [-0.15, -0.1) is 0 Å². The summed E-state index contributed by atoms with van der Waals surface area (Å²) in [6, 6.07) is 5.24. The molecule has 8 heteroatoms. The van der Waals surface area contributed by atoms with Crippen LogP contribution in [0.4, 0.5) is 10.2 Å². The number of carbonyl (C=O) groups is 1. The Morgan fingerprint density at radius 1 is 1.55 bits per heavy atom. The van der Waals surface area contributed by atoms with Crippen molar-refractivity contribution in [2.75, 3.05) is 5.32 Å². The monoisotopic (exact) mass is 277 g/mol. The zero-order valence-corrected chi connectivity index (χ0v) is 10.5. The van der Waals surface area contributed by atoms with Crippen LogP contribution in [0.5, 0.6) is 0 Å². The predicted molar refractivity (Wildman–Crippen MR) is 70.1 cm³/mol. The van der Waals surface area contributed by atoms with Crippen molar-refractivity contribution in [3.05, 3.63) is 47.4 Å². The van der Waals surface area contributed by atoms with Gasteiger partial charge in [0.05, 0.1) is 11.8 Å². The predicted octanol–water partition coefficient (Wildman–Crippen LogP) is 0.906. The summed E-state index contributed by atoms with van der Waals surface area (Å²) in [7, 11) is 1.58. The smallest absolute Gasteiger partial charge is 0.256 e. The zero-order chi connectivity index (χ0) is 14.7. The Kier molecular flexibility index (Phi) is 3.65. The Hall–Kier alpha value is -2.90. The van der Waals surface area contributed by atoms with Crippen molar-refractivity contribution >= 4 is 17.6 Å². The summed E-state index contributed by atoms with van der Waals surface area (Å²) in [5.41, 5.74) is 5.90. The number of aryl methyl sites for hydroxylation is 1. The van der Waals surface area contributed by atoms with E-state index in [0.29, 0.717) is 0 Å². The van der Waals surface area contributed by atoms with Gasteiger partial charge in [0.25, 0.3) is 5.91 Å². The van der Waals surface area contributed by atoms with Crippen molar-refractivity contribution < 1.29 is 14.4 Å². The first kappa shape index (κ1) is 13.5. The van der Waals surface area contributed by atoms with E-state index in [9.17, 15) is 9.18 Å². The number of rotatable bonds is 3. The fraction of sp³-hybridized carbons (Fsp3) is 0.0833. The SMILES string of the molecule is Cn1ncc(C(N)=NO)c1NC(=O)c1cccc(F)c1. The van der Waals surface area contributed by atoms with Gasteiger partial charge in [-0.2, -0.15) is 5.10 Å². The number of amides is 1.